The highest BCUT2D eigenvalue weighted by atomic mass is 16.3. The van der Waals surface area contributed by atoms with Crippen LogP contribution in [0.15, 0.2) is 4.99 Å². The van der Waals surface area contributed by atoms with E-state index >= 15 is 0 Å². The molecule has 0 radical (unpaired) electrons. The van der Waals surface area contributed by atoms with Gasteiger partial charge in [-0.1, -0.05) is 13.8 Å². The summed E-state index contributed by atoms with van der Waals surface area (Å²) >= 11 is 0. The molecule has 0 aromatic heterocycles. The van der Waals surface area contributed by atoms with Crippen LogP contribution in [0.2, 0.25) is 0 Å². The molecule has 2 heteroatoms. The molecule has 12 heavy (non-hydrogen) atoms. The minimum atomic E-state index is -0.784. The second-order valence-electron chi connectivity index (χ2n) is 4.81. The summed E-state index contributed by atoms with van der Waals surface area (Å²) in [6.45, 7) is 11.8. The average Bonchev–Trinajstić information content (AvgIpc) is 1.82. The van der Waals surface area contributed by atoms with Crippen molar-refractivity contribution in [2.75, 3.05) is 0 Å². The summed E-state index contributed by atoms with van der Waals surface area (Å²) in [5.41, 5.74) is -0.883. The zero-order valence-corrected chi connectivity index (χ0v) is 9.05. The molecule has 0 aliphatic carbocycles. The first-order valence-corrected chi connectivity index (χ1v) is 4.44. The van der Waals surface area contributed by atoms with Crippen molar-refractivity contribution in [2.24, 2.45) is 10.9 Å². The minimum absolute atomic E-state index is 0.0983. The Morgan fingerprint density at radius 3 is 1.83 bits per heavy atom. The summed E-state index contributed by atoms with van der Waals surface area (Å²) in [7, 11) is 0. The quantitative estimate of drug-likeness (QED) is 0.635. The fraction of sp³-hybridized carbons (Fsp3) is 0.900. The Hall–Kier alpha value is -0.370. The van der Waals surface area contributed by atoms with Crippen LogP contribution in [0.3, 0.4) is 0 Å². The molecular weight excluding hydrogens is 150 g/mol. The Labute approximate surface area is 75.7 Å². The molecule has 0 saturated heterocycles. The summed E-state index contributed by atoms with van der Waals surface area (Å²) in [6, 6.07) is 0. The van der Waals surface area contributed by atoms with Gasteiger partial charge in [-0.3, -0.25) is 4.99 Å². The van der Waals surface area contributed by atoms with Crippen molar-refractivity contribution in [3.63, 3.8) is 0 Å². The Kier molecular flexibility index (Phi) is 3.45. The van der Waals surface area contributed by atoms with E-state index in [1.54, 1.807) is 13.1 Å². The minimum Gasteiger partial charge on any atom is -0.384 e. The first kappa shape index (κ1) is 11.6. The molecule has 0 aromatic rings. The highest BCUT2D eigenvalue weighted by molar-refractivity contribution is 5.68. The summed E-state index contributed by atoms with van der Waals surface area (Å²) in [5.74, 6) is 0.198. The third-order valence-corrected chi connectivity index (χ3v) is 1.88. The van der Waals surface area contributed by atoms with E-state index in [1.807, 2.05) is 34.6 Å². The van der Waals surface area contributed by atoms with Crippen molar-refractivity contribution >= 4 is 6.21 Å². The molecule has 0 aromatic carbocycles. The number of hydrogen-bond acceptors (Lipinski definition) is 2. The first-order valence-electron chi connectivity index (χ1n) is 4.44. The normalized spacial score (nSPS) is 18.7. The van der Waals surface area contributed by atoms with Gasteiger partial charge in [-0.15, -0.1) is 0 Å². The Balaban J connectivity index is 4.34. The fourth-order valence-electron chi connectivity index (χ4n) is 0.473. The zero-order valence-electron chi connectivity index (χ0n) is 9.05. The summed E-state index contributed by atoms with van der Waals surface area (Å²) in [6.07, 6.45) is 1.65. The predicted octanol–water partition coefficient (Wildman–Crippen LogP) is 2.26. The fourth-order valence-corrected chi connectivity index (χ4v) is 0.473. The lowest BCUT2D eigenvalue weighted by molar-refractivity contribution is 0.0872. The maximum Gasteiger partial charge on any atom is 0.0987 e. The number of rotatable bonds is 2. The largest absolute Gasteiger partial charge is 0.384 e. The Bertz CT molecular complexity index is 163. The van der Waals surface area contributed by atoms with Gasteiger partial charge in [-0.25, -0.2) is 0 Å². The van der Waals surface area contributed by atoms with Crippen molar-refractivity contribution in [1.29, 1.82) is 0 Å². The SMILES string of the molecule is CC(C)[C@](C)(O)C=NC(C)(C)C. The Morgan fingerprint density at radius 1 is 1.17 bits per heavy atom. The molecule has 1 atom stereocenters. The van der Waals surface area contributed by atoms with Crippen LogP contribution in [0.1, 0.15) is 41.5 Å². The van der Waals surface area contributed by atoms with E-state index in [-0.39, 0.29) is 11.5 Å². The zero-order chi connectivity index (χ0) is 9.99. The van der Waals surface area contributed by atoms with Gasteiger partial charge in [0.25, 0.3) is 0 Å². The van der Waals surface area contributed by atoms with Crippen LogP contribution < -0.4 is 0 Å². The van der Waals surface area contributed by atoms with Crippen LogP contribution in [-0.2, 0) is 0 Å². The van der Waals surface area contributed by atoms with Gasteiger partial charge in [0, 0.05) is 6.21 Å². The molecule has 0 bridgehead atoms. The van der Waals surface area contributed by atoms with Gasteiger partial charge in [-0.05, 0) is 33.6 Å². The maximum absolute atomic E-state index is 9.81. The molecular formula is C10H21NO. The molecule has 0 spiro atoms. The van der Waals surface area contributed by atoms with Gasteiger partial charge in [0.1, 0.15) is 0 Å². The van der Waals surface area contributed by atoms with Crippen LogP contribution in [0.4, 0.5) is 0 Å². The van der Waals surface area contributed by atoms with E-state index in [1.165, 1.54) is 0 Å². The average molecular weight is 171 g/mol. The van der Waals surface area contributed by atoms with Gasteiger partial charge in [0.15, 0.2) is 0 Å². The van der Waals surface area contributed by atoms with E-state index in [2.05, 4.69) is 4.99 Å². The molecule has 0 aliphatic heterocycles. The molecule has 2 nitrogen and oxygen atoms in total. The second kappa shape index (κ2) is 3.56. The number of aliphatic hydroxyl groups is 1. The van der Waals surface area contributed by atoms with E-state index in [0.717, 1.165) is 0 Å². The number of aliphatic imine (C=N–C) groups is 1. The van der Waals surface area contributed by atoms with Gasteiger partial charge in [0.05, 0.1) is 11.1 Å². The lowest BCUT2D eigenvalue weighted by Crippen LogP contribution is -2.33. The van der Waals surface area contributed by atoms with Crippen molar-refractivity contribution in [1.82, 2.24) is 0 Å². The molecule has 0 fully saturated rings. The lowest BCUT2D eigenvalue weighted by Gasteiger charge is -2.24. The molecule has 72 valence electrons. The van der Waals surface area contributed by atoms with Crippen LogP contribution >= 0.6 is 0 Å². The van der Waals surface area contributed by atoms with E-state index in [0.29, 0.717) is 0 Å². The molecule has 0 saturated carbocycles. The van der Waals surface area contributed by atoms with Crippen LogP contribution in [-0.4, -0.2) is 22.5 Å². The van der Waals surface area contributed by atoms with Crippen molar-refractivity contribution in [3.8, 4) is 0 Å². The highest BCUT2D eigenvalue weighted by Crippen LogP contribution is 2.15. The van der Waals surface area contributed by atoms with Crippen LogP contribution in [0.5, 0.6) is 0 Å². The third-order valence-electron chi connectivity index (χ3n) is 1.88. The standard InChI is InChI=1S/C10H21NO/c1-8(2)10(6,12)7-11-9(3,4)5/h7-8,12H,1-6H3/t10-/m1/s1. The van der Waals surface area contributed by atoms with Gasteiger partial charge < -0.3 is 5.11 Å². The Morgan fingerprint density at radius 2 is 1.58 bits per heavy atom. The number of nitrogens with zero attached hydrogens (tertiary/aromatic N) is 1. The predicted molar refractivity (Wildman–Crippen MR) is 53.7 cm³/mol. The van der Waals surface area contributed by atoms with Crippen molar-refractivity contribution in [3.05, 3.63) is 0 Å². The lowest BCUT2D eigenvalue weighted by atomic mass is 9.94. The molecule has 0 amide bonds. The summed E-state index contributed by atoms with van der Waals surface area (Å²) in [5, 5.41) is 9.81. The molecule has 0 aliphatic rings. The van der Waals surface area contributed by atoms with E-state index < -0.39 is 5.60 Å². The first-order chi connectivity index (χ1) is 5.15. The highest BCUT2D eigenvalue weighted by Gasteiger charge is 2.22. The monoisotopic (exact) mass is 171 g/mol. The van der Waals surface area contributed by atoms with Crippen molar-refractivity contribution in [2.45, 2.75) is 52.7 Å². The molecule has 0 rings (SSSR count). The third kappa shape index (κ3) is 4.50. The molecule has 1 N–H and O–H groups in total. The van der Waals surface area contributed by atoms with Crippen LogP contribution in [0, 0.1) is 5.92 Å². The summed E-state index contributed by atoms with van der Waals surface area (Å²) < 4.78 is 0. The summed E-state index contributed by atoms with van der Waals surface area (Å²) in [4.78, 5) is 4.27. The topological polar surface area (TPSA) is 32.6 Å². The van der Waals surface area contributed by atoms with Crippen LogP contribution in [0.25, 0.3) is 0 Å². The molecule has 0 heterocycles. The van der Waals surface area contributed by atoms with Crippen molar-refractivity contribution < 1.29 is 5.11 Å². The van der Waals surface area contributed by atoms with E-state index in [9.17, 15) is 5.11 Å². The van der Waals surface area contributed by atoms with E-state index in [4.69, 9.17) is 0 Å². The number of hydrogen-bond donors (Lipinski definition) is 1. The smallest absolute Gasteiger partial charge is 0.0987 e. The maximum atomic E-state index is 9.81. The van der Waals surface area contributed by atoms with Gasteiger partial charge >= 0.3 is 0 Å². The second-order valence-corrected chi connectivity index (χ2v) is 4.81. The molecule has 0 unspecified atom stereocenters. The van der Waals surface area contributed by atoms with Gasteiger partial charge in [-0.2, -0.15) is 0 Å². The van der Waals surface area contributed by atoms with Gasteiger partial charge in [0.2, 0.25) is 0 Å².